The molecule has 0 saturated carbocycles. The molecule has 0 N–H and O–H groups in total. The van der Waals surface area contributed by atoms with Crippen molar-refractivity contribution in [1.82, 2.24) is 0 Å². The normalized spacial score (nSPS) is 28.5. The minimum Gasteiger partial charge on any atom is -0.365 e. The molecule has 2 unspecified atom stereocenters. The van der Waals surface area contributed by atoms with Crippen molar-refractivity contribution in [2.45, 2.75) is 26.1 Å². The fraction of sp³-hybridized carbons (Fsp3) is 0.400. The Hall–Kier alpha value is -0.820. The molecule has 0 radical (unpaired) electrons. The highest BCUT2D eigenvalue weighted by molar-refractivity contribution is 5.30. The number of ether oxygens (including phenoxy) is 1. The molecule has 0 spiro atoms. The van der Waals surface area contributed by atoms with Crippen LogP contribution in [0.1, 0.15) is 24.2 Å². The summed E-state index contributed by atoms with van der Waals surface area (Å²) in [7, 11) is 0. The topological polar surface area (TPSA) is 12.5 Å². The largest absolute Gasteiger partial charge is 0.365 e. The molecule has 1 aliphatic rings. The Balaban J connectivity index is 2.31. The quantitative estimate of drug-likeness (QED) is 0.557. The summed E-state index contributed by atoms with van der Waals surface area (Å²) >= 11 is 0. The standard InChI is InChI=1S/C10H12O/c1-7-5-3-4-6-9(7)10-8(2)11-10/h3-6,8,10H,1-2H3. The minimum atomic E-state index is 0.371. The molecular weight excluding hydrogens is 136 g/mol. The molecule has 1 saturated heterocycles. The van der Waals surface area contributed by atoms with Crippen molar-refractivity contribution >= 4 is 0 Å². The van der Waals surface area contributed by atoms with Gasteiger partial charge in [-0.25, -0.2) is 0 Å². The summed E-state index contributed by atoms with van der Waals surface area (Å²) in [6.07, 6.45) is 0.798. The maximum absolute atomic E-state index is 5.38. The van der Waals surface area contributed by atoms with E-state index in [0.717, 1.165) is 0 Å². The van der Waals surface area contributed by atoms with E-state index >= 15 is 0 Å². The lowest BCUT2D eigenvalue weighted by atomic mass is 10.0. The van der Waals surface area contributed by atoms with E-state index in [1.165, 1.54) is 11.1 Å². The van der Waals surface area contributed by atoms with Crippen LogP contribution in [0.4, 0.5) is 0 Å². The van der Waals surface area contributed by atoms with Crippen molar-refractivity contribution in [3.8, 4) is 0 Å². The molecule has 11 heavy (non-hydrogen) atoms. The monoisotopic (exact) mass is 148 g/mol. The Morgan fingerprint density at radius 2 is 1.91 bits per heavy atom. The van der Waals surface area contributed by atoms with Crippen LogP contribution in [0.2, 0.25) is 0 Å². The Morgan fingerprint density at radius 1 is 1.27 bits per heavy atom. The van der Waals surface area contributed by atoms with Gasteiger partial charge in [0, 0.05) is 0 Å². The van der Waals surface area contributed by atoms with Gasteiger partial charge in [0.15, 0.2) is 0 Å². The second-order valence-corrected chi connectivity index (χ2v) is 3.12. The first-order chi connectivity index (χ1) is 5.29. The second kappa shape index (κ2) is 2.35. The molecular formula is C10H12O. The van der Waals surface area contributed by atoms with E-state index in [4.69, 9.17) is 4.74 Å². The van der Waals surface area contributed by atoms with E-state index < -0.39 is 0 Å². The van der Waals surface area contributed by atoms with Crippen molar-refractivity contribution in [1.29, 1.82) is 0 Å². The Bertz CT molecular complexity index is 267. The maximum Gasteiger partial charge on any atom is 0.109 e. The first-order valence-electron chi connectivity index (χ1n) is 4.00. The summed E-state index contributed by atoms with van der Waals surface area (Å²) in [5.74, 6) is 0. The SMILES string of the molecule is Cc1ccccc1C1OC1C. The molecule has 2 atom stereocenters. The summed E-state index contributed by atoms with van der Waals surface area (Å²) in [6.45, 7) is 4.24. The van der Waals surface area contributed by atoms with Gasteiger partial charge in [0.1, 0.15) is 6.10 Å². The van der Waals surface area contributed by atoms with Crippen molar-refractivity contribution in [3.63, 3.8) is 0 Å². The number of rotatable bonds is 1. The molecule has 1 fully saturated rings. The number of hydrogen-bond donors (Lipinski definition) is 0. The molecule has 0 amide bonds. The highest BCUT2D eigenvalue weighted by atomic mass is 16.6. The molecule has 58 valence electrons. The zero-order valence-corrected chi connectivity index (χ0v) is 6.87. The van der Waals surface area contributed by atoms with E-state index in [9.17, 15) is 0 Å². The predicted molar refractivity (Wildman–Crippen MR) is 44.5 cm³/mol. The Kier molecular flexibility index (Phi) is 1.46. The lowest BCUT2D eigenvalue weighted by Crippen LogP contribution is -1.86. The lowest BCUT2D eigenvalue weighted by molar-refractivity contribution is 0.382. The van der Waals surface area contributed by atoms with Crippen LogP contribution in [0, 0.1) is 6.92 Å². The molecule has 0 aliphatic carbocycles. The van der Waals surface area contributed by atoms with E-state index in [0.29, 0.717) is 12.2 Å². The fourth-order valence-electron chi connectivity index (χ4n) is 1.42. The van der Waals surface area contributed by atoms with Crippen LogP contribution >= 0.6 is 0 Å². The van der Waals surface area contributed by atoms with Crippen molar-refractivity contribution in [2.75, 3.05) is 0 Å². The second-order valence-electron chi connectivity index (χ2n) is 3.12. The van der Waals surface area contributed by atoms with E-state index in [2.05, 4.69) is 38.1 Å². The van der Waals surface area contributed by atoms with Crippen LogP contribution in [0.25, 0.3) is 0 Å². The molecule has 2 rings (SSSR count). The van der Waals surface area contributed by atoms with Gasteiger partial charge in [-0.1, -0.05) is 24.3 Å². The average Bonchev–Trinajstić information content (AvgIpc) is 2.68. The number of benzene rings is 1. The van der Waals surface area contributed by atoms with Crippen molar-refractivity contribution < 1.29 is 4.74 Å². The van der Waals surface area contributed by atoms with Gasteiger partial charge in [-0.3, -0.25) is 0 Å². The average molecular weight is 148 g/mol. The fourth-order valence-corrected chi connectivity index (χ4v) is 1.42. The molecule has 1 nitrogen and oxygen atoms in total. The van der Waals surface area contributed by atoms with Gasteiger partial charge in [-0.2, -0.15) is 0 Å². The first kappa shape index (κ1) is 6.86. The van der Waals surface area contributed by atoms with Crippen molar-refractivity contribution in [3.05, 3.63) is 35.4 Å². The summed E-state index contributed by atoms with van der Waals surface area (Å²) in [4.78, 5) is 0. The Labute approximate surface area is 67.0 Å². The summed E-state index contributed by atoms with van der Waals surface area (Å²) in [5.41, 5.74) is 2.68. The van der Waals surface area contributed by atoms with Crippen LogP contribution in [-0.2, 0) is 4.74 Å². The number of hydrogen-bond acceptors (Lipinski definition) is 1. The molecule has 0 aromatic heterocycles. The van der Waals surface area contributed by atoms with Crippen LogP contribution in [0.5, 0.6) is 0 Å². The third-order valence-corrected chi connectivity index (χ3v) is 2.21. The van der Waals surface area contributed by atoms with E-state index in [-0.39, 0.29) is 0 Å². The molecule has 1 aromatic rings. The third-order valence-electron chi connectivity index (χ3n) is 2.21. The molecule has 1 aliphatic heterocycles. The smallest absolute Gasteiger partial charge is 0.109 e. The number of epoxide rings is 1. The molecule has 1 aromatic carbocycles. The molecule has 0 bridgehead atoms. The van der Waals surface area contributed by atoms with Crippen LogP contribution in [0.15, 0.2) is 24.3 Å². The first-order valence-corrected chi connectivity index (χ1v) is 4.00. The van der Waals surface area contributed by atoms with E-state index in [1.54, 1.807) is 0 Å². The van der Waals surface area contributed by atoms with Gasteiger partial charge < -0.3 is 4.74 Å². The van der Waals surface area contributed by atoms with Crippen LogP contribution in [-0.4, -0.2) is 6.10 Å². The predicted octanol–water partition coefficient (Wildman–Crippen LogP) is 2.45. The number of aryl methyl sites for hydroxylation is 1. The molecule has 1 heteroatoms. The van der Waals surface area contributed by atoms with Gasteiger partial charge in [0.25, 0.3) is 0 Å². The maximum atomic E-state index is 5.38. The summed E-state index contributed by atoms with van der Waals surface area (Å²) in [6, 6.07) is 8.40. The van der Waals surface area contributed by atoms with Crippen molar-refractivity contribution in [2.24, 2.45) is 0 Å². The van der Waals surface area contributed by atoms with Gasteiger partial charge in [0.05, 0.1) is 6.10 Å². The van der Waals surface area contributed by atoms with Gasteiger partial charge >= 0.3 is 0 Å². The summed E-state index contributed by atoms with van der Waals surface area (Å²) in [5, 5.41) is 0. The third kappa shape index (κ3) is 1.16. The lowest BCUT2D eigenvalue weighted by Gasteiger charge is -1.99. The molecule has 1 heterocycles. The van der Waals surface area contributed by atoms with Gasteiger partial charge in [0.2, 0.25) is 0 Å². The van der Waals surface area contributed by atoms with Gasteiger partial charge in [-0.05, 0) is 25.0 Å². The van der Waals surface area contributed by atoms with Gasteiger partial charge in [-0.15, -0.1) is 0 Å². The zero-order chi connectivity index (χ0) is 7.84. The van der Waals surface area contributed by atoms with E-state index in [1.807, 2.05) is 0 Å². The minimum absolute atomic E-state index is 0.371. The highest BCUT2D eigenvalue weighted by Crippen LogP contribution is 2.39. The highest BCUT2D eigenvalue weighted by Gasteiger charge is 2.36. The van der Waals surface area contributed by atoms with Crippen LogP contribution in [0.3, 0.4) is 0 Å². The van der Waals surface area contributed by atoms with Crippen LogP contribution < -0.4 is 0 Å². The Morgan fingerprint density at radius 3 is 2.45 bits per heavy atom. The summed E-state index contributed by atoms with van der Waals surface area (Å²) < 4.78 is 5.38. The zero-order valence-electron chi connectivity index (χ0n) is 6.87.